The lowest BCUT2D eigenvalue weighted by Crippen LogP contribution is -2.60. The molecular weight excluding hydrogens is 540 g/mol. The van der Waals surface area contributed by atoms with Gasteiger partial charge < -0.3 is 31.5 Å². The molecule has 2 aliphatic heterocycles. The highest BCUT2D eigenvalue weighted by molar-refractivity contribution is 8.77. The van der Waals surface area contributed by atoms with E-state index in [1.54, 1.807) is 32.0 Å². The lowest BCUT2D eigenvalue weighted by molar-refractivity contribution is -0.143. The SMILES string of the molecule is CC1(C)SSC[C@@H](NC(=O)[C@@H]2Cc3ccc(O)cc3CN2)C(=O)NC(Cc2ccccc2)C(=O)N[C@H]1C(=O)O. The maximum Gasteiger partial charge on any atom is 0.327 e. The van der Waals surface area contributed by atoms with Crippen LogP contribution in [0.3, 0.4) is 0 Å². The minimum Gasteiger partial charge on any atom is -0.508 e. The van der Waals surface area contributed by atoms with E-state index in [4.69, 9.17) is 0 Å². The number of fused-ring (bicyclic) bond motifs is 1. The Bertz CT molecular complexity index is 1240. The number of carbonyl (C=O) groups excluding carboxylic acids is 3. The van der Waals surface area contributed by atoms with Gasteiger partial charge in [-0.05, 0) is 49.1 Å². The van der Waals surface area contributed by atoms with Crippen LogP contribution in [-0.2, 0) is 38.6 Å². The average Bonchev–Trinajstić information content (AvgIpc) is 2.91. The minimum absolute atomic E-state index is 0.153. The van der Waals surface area contributed by atoms with E-state index in [0.717, 1.165) is 16.7 Å². The summed E-state index contributed by atoms with van der Waals surface area (Å²) in [7, 11) is 2.51. The molecule has 4 rings (SSSR count). The zero-order valence-corrected chi connectivity index (χ0v) is 23.2. The fraction of sp³-hybridized carbons (Fsp3) is 0.407. The Morgan fingerprint density at radius 3 is 2.51 bits per heavy atom. The minimum atomic E-state index is -1.20. The molecule has 0 radical (unpaired) electrons. The van der Waals surface area contributed by atoms with Gasteiger partial charge in [0.2, 0.25) is 17.7 Å². The Balaban J connectivity index is 1.54. The Hall–Kier alpha value is -3.22. The van der Waals surface area contributed by atoms with Crippen molar-refractivity contribution in [2.75, 3.05) is 5.75 Å². The lowest BCUT2D eigenvalue weighted by atomic mass is 9.95. The van der Waals surface area contributed by atoms with Crippen LogP contribution in [0.1, 0.15) is 30.5 Å². The van der Waals surface area contributed by atoms with Gasteiger partial charge in [-0.1, -0.05) is 58.0 Å². The number of hydrogen-bond acceptors (Lipinski definition) is 8. The molecular formula is C27H32N4O6S2. The molecule has 1 fully saturated rings. The van der Waals surface area contributed by atoms with Gasteiger partial charge in [0.1, 0.15) is 23.9 Å². The molecule has 0 aromatic heterocycles. The van der Waals surface area contributed by atoms with Crippen LogP contribution < -0.4 is 21.3 Å². The third-order valence-corrected chi connectivity index (χ3v) is 10.1. The third-order valence-electron chi connectivity index (χ3n) is 6.76. The summed E-state index contributed by atoms with van der Waals surface area (Å²) in [4.78, 5) is 52.0. The first kappa shape index (κ1) is 28.8. The number of rotatable bonds is 5. The monoisotopic (exact) mass is 572 g/mol. The van der Waals surface area contributed by atoms with Crippen LogP contribution in [0.5, 0.6) is 5.75 Å². The van der Waals surface area contributed by atoms with Crippen LogP contribution in [0.25, 0.3) is 0 Å². The number of phenolic OH excluding ortho intramolecular Hbond substituents is 1. The molecule has 2 heterocycles. The number of phenols is 1. The zero-order valence-electron chi connectivity index (χ0n) is 21.6. The first-order valence-corrected chi connectivity index (χ1v) is 14.9. The highest BCUT2D eigenvalue weighted by Gasteiger charge is 2.41. The van der Waals surface area contributed by atoms with Gasteiger partial charge in [0.15, 0.2) is 0 Å². The van der Waals surface area contributed by atoms with E-state index in [0.29, 0.717) is 13.0 Å². The second-order valence-corrected chi connectivity index (χ2v) is 13.1. The van der Waals surface area contributed by atoms with Crippen molar-refractivity contribution in [3.8, 4) is 5.75 Å². The van der Waals surface area contributed by atoms with Gasteiger partial charge in [-0.3, -0.25) is 14.4 Å². The Morgan fingerprint density at radius 2 is 1.79 bits per heavy atom. The fourth-order valence-corrected chi connectivity index (χ4v) is 7.36. The van der Waals surface area contributed by atoms with E-state index in [-0.39, 0.29) is 23.8 Å². The quantitative estimate of drug-likeness (QED) is 0.291. The van der Waals surface area contributed by atoms with Gasteiger partial charge in [-0.15, -0.1) is 0 Å². The summed E-state index contributed by atoms with van der Waals surface area (Å²) in [6.07, 6.45) is 0.546. The number of carboxylic acid groups (broad SMARTS) is 1. The van der Waals surface area contributed by atoms with Crippen molar-refractivity contribution in [1.82, 2.24) is 21.3 Å². The molecule has 3 amide bonds. The molecule has 0 aliphatic carbocycles. The van der Waals surface area contributed by atoms with Crippen molar-refractivity contribution in [1.29, 1.82) is 0 Å². The highest BCUT2D eigenvalue weighted by Crippen LogP contribution is 2.39. The molecule has 4 atom stereocenters. The molecule has 2 aromatic rings. The first-order valence-electron chi connectivity index (χ1n) is 12.6. The van der Waals surface area contributed by atoms with Crippen LogP contribution in [0, 0.1) is 0 Å². The number of carboxylic acids is 1. The van der Waals surface area contributed by atoms with Gasteiger partial charge in [-0.25, -0.2) is 4.79 Å². The normalized spacial score (nSPS) is 25.3. The third kappa shape index (κ3) is 7.25. The van der Waals surface area contributed by atoms with Crippen molar-refractivity contribution in [3.63, 3.8) is 0 Å². The standard InChI is InChI=1S/C27H32N4O6S2/c1-27(2)22(26(36)37)31-24(34)20(10-15-6-4-3-5-7-15)29-25(35)21(14-38-39-27)30-23(33)19-12-16-8-9-18(32)11-17(16)13-28-19/h3-9,11,19-22,28,32H,10,12-14H2,1-2H3,(H,29,35)(H,30,33)(H,31,34)(H,36,37)/t19-,20?,21+,22-/m0/s1. The zero-order chi connectivity index (χ0) is 28.2. The summed E-state index contributed by atoms with van der Waals surface area (Å²) < 4.78 is -0.911. The van der Waals surface area contributed by atoms with Crippen molar-refractivity contribution in [2.45, 2.75) is 62.1 Å². The van der Waals surface area contributed by atoms with E-state index in [2.05, 4.69) is 21.3 Å². The molecule has 6 N–H and O–H groups in total. The number of benzene rings is 2. The van der Waals surface area contributed by atoms with E-state index in [1.165, 1.54) is 21.6 Å². The summed E-state index contributed by atoms with van der Waals surface area (Å²) in [6.45, 7) is 3.84. The van der Waals surface area contributed by atoms with Crippen LogP contribution in [0.15, 0.2) is 48.5 Å². The van der Waals surface area contributed by atoms with Crippen molar-refractivity contribution in [3.05, 3.63) is 65.2 Å². The maximum atomic E-state index is 13.4. The van der Waals surface area contributed by atoms with Crippen molar-refractivity contribution < 1.29 is 29.4 Å². The number of amides is 3. The Labute approximate surface area is 234 Å². The van der Waals surface area contributed by atoms with Gasteiger partial charge in [0, 0.05) is 18.7 Å². The van der Waals surface area contributed by atoms with Gasteiger partial charge in [0.25, 0.3) is 0 Å². The first-order chi connectivity index (χ1) is 18.5. The molecule has 208 valence electrons. The van der Waals surface area contributed by atoms with Crippen LogP contribution >= 0.6 is 21.6 Å². The molecule has 0 bridgehead atoms. The molecule has 0 saturated carbocycles. The maximum absolute atomic E-state index is 13.4. The number of carbonyl (C=O) groups is 4. The second kappa shape index (κ2) is 12.3. The molecule has 12 heteroatoms. The summed E-state index contributed by atoms with van der Waals surface area (Å²) in [6, 6.07) is 10.3. The highest BCUT2D eigenvalue weighted by atomic mass is 33.1. The number of aromatic hydroxyl groups is 1. The van der Waals surface area contributed by atoms with E-state index < -0.39 is 46.7 Å². The average molecular weight is 573 g/mol. The predicted octanol–water partition coefficient (Wildman–Crippen LogP) is 1.36. The Morgan fingerprint density at radius 1 is 1.05 bits per heavy atom. The molecule has 1 saturated heterocycles. The fourth-order valence-electron chi connectivity index (χ4n) is 4.55. The van der Waals surface area contributed by atoms with Crippen molar-refractivity contribution >= 4 is 45.3 Å². The van der Waals surface area contributed by atoms with Gasteiger partial charge >= 0.3 is 5.97 Å². The molecule has 0 spiro atoms. The van der Waals surface area contributed by atoms with Gasteiger partial charge in [0.05, 0.1) is 10.8 Å². The number of nitrogens with one attached hydrogen (secondary N) is 4. The smallest absolute Gasteiger partial charge is 0.327 e. The summed E-state index contributed by atoms with van der Waals surface area (Å²) in [5.74, 6) is -2.35. The van der Waals surface area contributed by atoms with E-state index in [9.17, 15) is 29.4 Å². The molecule has 10 nitrogen and oxygen atoms in total. The van der Waals surface area contributed by atoms with Crippen LogP contribution in [-0.4, -0.2) is 68.6 Å². The molecule has 2 aliphatic rings. The summed E-state index contributed by atoms with van der Waals surface area (Å²) in [5, 5.41) is 30.9. The lowest BCUT2D eigenvalue weighted by Gasteiger charge is -2.31. The Kier molecular flexibility index (Phi) is 9.08. The summed E-state index contributed by atoms with van der Waals surface area (Å²) in [5.41, 5.74) is 2.63. The largest absolute Gasteiger partial charge is 0.508 e. The van der Waals surface area contributed by atoms with Crippen molar-refractivity contribution in [2.24, 2.45) is 0 Å². The van der Waals surface area contributed by atoms with E-state index >= 15 is 0 Å². The molecule has 1 unspecified atom stereocenters. The second-order valence-electron chi connectivity index (χ2n) is 10.2. The van der Waals surface area contributed by atoms with Crippen LogP contribution in [0.4, 0.5) is 0 Å². The topological polar surface area (TPSA) is 157 Å². The summed E-state index contributed by atoms with van der Waals surface area (Å²) >= 11 is 0. The van der Waals surface area contributed by atoms with E-state index in [1.807, 2.05) is 30.3 Å². The predicted molar refractivity (Wildman–Crippen MR) is 150 cm³/mol. The number of aliphatic carboxylic acids is 1. The van der Waals surface area contributed by atoms with Crippen LogP contribution in [0.2, 0.25) is 0 Å². The molecule has 2 aromatic carbocycles. The number of hydrogen-bond donors (Lipinski definition) is 6. The molecule has 39 heavy (non-hydrogen) atoms. The van der Waals surface area contributed by atoms with Gasteiger partial charge in [-0.2, -0.15) is 0 Å².